The Kier molecular flexibility index (Phi) is 4.42. The van der Waals surface area contributed by atoms with Crippen LogP contribution >= 0.6 is 11.5 Å². The fourth-order valence-electron chi connectivity index (χ4n) is 2.46. The summed E-state index contributed by atoms with van der Waals surface area (Å²) in [5.74, 6) is 2.16. The van der Waals surface area contributed by atoms with Crippen LogP contribution in [0.1, 0.15) is 36.0 Å². The number of carbonyl (C=O) groups excluding carboxylic acids is 1. The third kappa shape index (κ3) is 2.99. The Labute approximate surface area is 133 Å². The van der Waals surface area contributed by atoms with Crippen LogP contribution in [0.2, 0.25) is 0 Å². The van der Waals surface area contributed by atoms with Crippen LogP contribution in [0.3, 0.4) is 0 Å². The highest BCUT2D eigenvalue weighted by atomic mass is 32.1. The second kappa shape index (κ2) is 6.48. The largest absolute Gasteiger partial charge is 0.456 e. The summed E-state index contributed by atoms with van der Waals surface area (Å²) in [6.07, 6.45) is 1.66. The van der Waals surface area contributed by atoms with Gasteiger partial charge in [-0.3, -0.25) is 4.79 Å². The summed E-state index contributed by atoms with van der Waals surface area (Å²) in [5.41, 5.74) is 0. The standard InChI is InChI=1S/C15H20N4O2S/c1-3-11-5-6-12(21-11)14(20)18-7-9-19(10-8-18)15-16-13(4-2)17-22-15/h5-6H,3-4,7-10H2,1-2H3. The van der Waals surface area contributed by atoms with E-state index in [1.807, 2.05) is 17.9 Å². The molecule has 3 rings (SSSR count). The van der Waals surface area contributed by atoms with E-state index < -0.39 is 0 Å². The molecule has 0 spiro atoms. The highest BCUT2D eigenvalue weighted by Gasteiger charge is 2.25. The first-order valence-corrected chi connectivity index (χ1v) is 8.44. The third-order valence-electron chi connectivity index (χ3n) is 3.83. The van der Waals surface area contributed by atoms with Crippen molar-refractivity contribution in [3.63, 3.8) is 0 Å². The van der Waals surface area contributed by atoms with Gasteiger partial charge in [-0.1, -0.05) is 13.8 Å². The van der Waals surface area contributed by atoms with Crippen LogP contribution < -0.4 is 4.90 Å². The van der Waals surface area contributed by atoms with Gasteiger partial charge in [-0.25, -0.2) is 4.98 Å². The van der Waals surface area contributed by atoms with Gasteiger partial charge in [0.25, 0.3) is 5.91 Å². The summed E-state index contributed by atoms with van der Waals surface area (Å²) < 4.78 is 9.87. The Hall–Kier alpha value is -1.89. The minimum absolute atomic E-state index is 0.0224. The maximum atomic E-state index is 12.4. The molecule has 0 aliphatic carbocycles. The molecule has 1 aliphatic heterocycles. The van der Waals surface area contributed by atoms with E-state index in [9.17, 15) is 4.79 Å². The lowest BCUT2D eigenvalue weighted by atomic mass is 10.3. The highest BCUT2D eigenvalue weighted by molar-refractivity contribution is 7.09. The molecule has 1 aliphatic rings. The van der Waals surface area contributed by atoms with Crippen LogP contribution in [0.5, 0.6) is 0 Å². The Morgan fingerprint density at radius 2 is 2.00 bits per heavy atom. The van der Waals surface area contributed by atoms with Gasteiger partial charge in [0, 0.05) is 50.6 Å². The van der Waals surface area contributed by atoms with Crippen molar-refractivity contribution in [3.8, 4) is 0 Å². The van der Waals surface area contributed by atoms with Gasteiger partial charge >= 0.3 is 0 Å². The molecule has 1 saturated heterocycles. The first-order chi connectivity index (χ1) is 10.7. The summed E-state index contributed by atoms with van der Waals surface area (Å²) in [5, 5.41) is 0.954. The Balaban J connectivity index is 1.60. The number of rotatable bonds is 4. The van der Waals surface area contributed by atoms with E-state index in [0.29, 0.717) is 18.8 Å². The van der Waals surface area contributed by atoms with Crippen LogP contribution in [-0.2, 0) is 12.8 Å². The summed E-state index contributed by atoms with van der Waals surface area (Å²) >= 11 is 1.44. The van der Waals surface area contributed by atoms with Gasteiger partial charge in [-0.2, -0.15) is 4.37 Å². The van der Waals surface area contributed by atoms with E-state index in [2.05, 4.69) is 21.2 Å². The molecule has 1 fully saturated rings. The minimum atomic E-state index is -0.0224. The number of carbonyl (C=O) groups is 1. The van der Waals surface area contributed by atoms with E-state index in [4.69, 9.17) is 4.42 Å². The van der Waals surface area contributed by atoms with Crippen LogP contribution in [0.4, 0.5) is 5.13 Å². The zero-order valence-corrected chi connectivity index (χ0v) is 13.7. The zero-order valence-electron chi connectivity index (χ0n) is 12.9. The number of piperazine rings is 1. The van der Waals surface area contributed by atoms with E-state index >= 15 is 0 Å². The van der Waals surface area contributed by atoms with Crippen LogP contribution in [0.15, 0.2) is 16.5 Å². The normalized spacial score (nSPS) is 15.4. The quantitative estimate of drug-likeness (QED) is 0.864. The third-order valence-corrected chi connectivity index (χ3v) is 4.65. The van der Waals surface area contributed by atoms with Crippen LogP contribution in [0, 0.1) is 0 Å². The second-order valence-corrected chi connectivity index (χ2v) is 5.98. The van der Waals surface area contributed by atoms with Gasteiger partial charge in [0.2, 0.25) is 5.13 Å². The molecule has 2 aromatic rings. The van der Waals surface area contributed by atoms with E-state index in [-0.39, 0.29) is 5.91 Å². The van der Waals surface area contributed by atoms with Crippen molar-refractivity contribution in [2.75, 3.05) is 31.1 Å². The molecule has 0 saturated carbocycles. The van der Waals surface area contributed by atoms with Crippen molar-refractivity contribution >= 4 is 22.6 Å². The van der Waals surface area contributed by atoms with Crippen LogP contribution in [-0.4, -0.2) is 46.3 Å². The fraction of sp³-hybridized carbons (Fsp3) is 0.533. The first-order valence-electron chi connectivity index (χ1n) is 7.66. The number of nitrogens with zero attached hydrogens (tertiary/aromatic N) is 4. The molecule has 22 heavy (non-hydrogen) atoms. The Morgan fingerprint density at radius 1 is 1.23 bits per heavy atom. The van der Waals surface area contributed by atoms with E-state index in [1.165, 1.54) is 11.5 Å². The fourth-order valence-corrected chi connectivity index (χ4v) is 3.26. The lowest BCUT2D eigenvalue weighted by Crippen LogP contribution is -2.48. The van der Waals surface area contributed by atoms with Gasteiger partial charge in [0.15, 0.2) is 5.76 Å². The highest BCUT2D eigenvalue weighted by Crippen LogP contribution is 2.20. The average molecular weight is 320 g/mol. The maximum absolute atomic E-state index is 12.4. The van der Waals surface area contributed by atoms with Gasteiger partial charge in [-0.05, 0) is 12.1 Å². The smallest absolute Gasteiger partial charge is 0.289 e. The summed E-state index contributed by atoms with van der Waals surface area (Å²) in [4.78, 5) is 21.0. The molecule has 7 heteroatoms. The Morgan fingerprint density at radius 3 is 2.59 bits per heavy atom. The lowest BCUT2D eigenvalue weighted by molar-refractivity contribution is 0.0713. The van der Waals surface area contributed by atoms with E-state index in [1.54, 1.807) is 6.07 Å². The number of aromatic nitrogens is 2. The zero-order chi connectivity index (χ0) is 15.5. The Bertz CT molecular complexity index is 644. The van der Waals surface area contributed by atoms with Crippen molar-refractivity contribution in [3.05, 3.63) is 29.5 Å². The van der Waals surface area contributed by atoms with Crippen molar-refractivity contribution in [1.82, 2.24) is 14.3 Å². The predicted molar refractivity (Wildman–Crippen MR) is 85.5 cm³/mol. The summed E-state index contributed by atoms with van der Waals surface area (Å²) in [6, 6.07) is 3.64. The van der Waals surface area contributed by atoms with Crippen molar-refractivity contribution in [2.24, 2.45) is 0 Å². The molecular formula is C15H20N4O2S. The predicted octanol–water partition coefficient (Wildman–Crippen LogP) is 2.22. The van der Waals surface area contributed by atoms with Gasteiger partial charge in [0.05, 0.1) is 0 Å². The van der Waals surface area contributed by atoms with Crippen LogP contribution in [0.25, 0.3) is 0 Å². The number of furan rings is 1. The molecule has 6 nitrogen and oxygen atoms in total. The molecular weight excluding hydrogens is 300 g/mol. The van der Waals surface area contributed by atoms with Gasteiger partial charge in [0.1, 0.15) is 11.6 Å². The molecule has 0 unspecified atom stereocenters. The molecule has 118 valence electrons. The number of amides is 1. The van der Waals surface area contributed by atoms with Crippen molar-refractivity contribution in [1.29, 1.82) is 0 Å². The number of anilines is 1. The van der Waals surface area contributed by atoms with Gasteiger partial charge < -0.3 is 14.2 Å². The second-order valence-electron chi connectivity index (χ2n) is 5.25. The summed E-state index contributed by atoms with van der Waals surface area (Å²) in [6.45, 7) is 7.00. The molecule has 0 bridgehead atoms. The molecule has 1 amide bonds. The monoisotopic (exact) mass is 320 g/mol. The van der Waals surface area contributed by atoms with Crippen molar-refractivity contribution in [2.45, 2.75) is 26.7 Å². The molecule has 0 N–H and O–H groups in total. The summed E-state index contributed by atoms with van der Waals surface area (Å²) in [7, 11) is 0. The SMILES string of the molecule is CCc1nsc(N2CCN(C(=O)c3ccc(CC)o3)CC2)n1. The molecule has 0 aromatic carbocycles. The number of hydrogen-bond acceptors (Lipinski definition) is 6. The lowest BCUT2D eigenvalue weighted by Gasteiger charge is -2.33. The van der Waals surface area contributed by atoms with Crippen molar-refractivity contribution < 1.29 is 9.21 Å². The molecule has 0 atom stereocenters. The number of hydrogen-bond donors (Lipinski definition) is 0. The first kappa shape index (κ1) is 15.0. The minimum Gasteiger partial charge on any atom is -0.456 e. The number of aryl methyl sites for hydroxylation is 2. The average Bonchev–Trinajstić information content (AvgIpc) is 3.23. The molecule has 0 radical (unpaired) electrons. The molecule has 3 heterocycles. The molecule has 2 aromatic heterocycles. The van der Waals surface area contributed by atoms with E-state index in [0.717, 1.165) is 42.6 Å². The van der Waals surface area contributed by atoms with Gasteiger partial charge in [-0.15, -0.1) is 0 Å². The maximum Gasteiger partial charge on any atom is 0.289 e. The topological polar surface area (TPSA) is 62.5 Å².